The molecule has 1 spiro atoms. The fourth-order valence-corrected chi connectivity index (χ4v) is 3.45. The molecule has 6 nitrogen and oxygen atoms in total. The van der Waals surface area contributed by atoms with Gasteiger partial charge in [0.1, 0.15) is 11.7 Å². The van der Waals surface area contributed by atoms with Gasteiger partial charge >= 0.3 is 0 Å². The van der Waals surface area contributed by atoms with E-state index in [1.54, 1.807) is 10.8 Å². The van der Waals surface area contributed by atoms with E-state index in [1.165, 1.54) is 0 Å². The number of ketones is 1. The second-order valence-electron chi connectivity index (χ2n) is 6.77. The highest BCUT2D eigenvalue weighted by Crippen LogP contribution is 2.41. The second kappa shape index (κ2) is 4.96. The molecule has 3 rings (SSSR count). The first-order chi connectivity index (χ1) is 10.4. The molecular weight excluding hydrogens is 280 g/mol. The molecule has 0 saturated carbocycles. The second-order valence-corrected chi connectivity index (χ2v) is 6.77. The molecule has 1 atom stereocenters. The lowest BCUT2D eigenvalue weighted by Gasteiger charge is -2.47. The Morgan fingerprint density at radius 3 is 2.86 bits per heavy atom. The van der Waals surface area contributed by atoms with Crippen LogP contribution in [-0.4, -0.2) is 40.9 Å². The first kappa shape index (κ1) is 14.8. The van der Waals surface area contributed by atoms with Crippen molar-refractivity contribution in [2.45, 2.75) is 25.9 Å². The predicted molar refractivity (Wildman–Crippen MR) is 81.2 cm³/mol. The molecule has 0 radical (unpaired) electrons. The highest BCUT2D eigenvalue weighted by Gasteiger charge is 2.48. The minimum Gasteiger partial charge on any atom is -0.367 e. The monoisotopic (exact) mass is 300 g/mol. The number of nitrogens with zero attached hydrogens (tertiary/aromatic N) is 4. The zero-order valence-electron chi connectivity index (χ0n) is 13.2. The van der Waals surface area contributed by atoms with Crippen LogP contribution in [0.25, 0.3) is 0 Å². The van der Waals surface area contributed by atoms with Gasteiger partial charge < -0.3 is 9.64 Å². The first-order valence-corrected chi connectivity index (χ1v) is 7.41. The van der Waals surface area contributed by atoms with Crippen LogP contribution in [-0.2, 0) is 16.6 Å². The Hall–Kier alpha value is -2.13. The molecule has 0 bridgehead atoms. The Kier molecular flexibility index (Phi) is 3.33. The topological polar surface area (TPSA) is 71.2 Å². The van der Waals surface area contributed by atoms with Gasteiger partial charge in [0.05, 0.1) is 30.6 Å². The number of anilines is 1. The summed E-state index contributed by atoms with van der Waals surface area (Å²) >= 11 is 0. The average molecular weight is 300 g/mol. The SMILES string of the molecule is Cn1cc(N2CCOC3(C=C(C#N)C(=O)C(C)(C)C3)C2)cn1. The summed E-state index contributed by atoms with van der Waals surface area (Å²) in [6.45, 7) is 5.73. The third-order valence-electron chi connectivity index (χ3n) is 4.39. The average Bonchev–Trinajstić information content (AvgIpc) is 2.89. The van der Waals surface area contributed by atoms with Crippen molar-refractivity contribution in [1.29, 1.82) is 5.26 Å². The molecular formula is C16H20N4O2. The molecule has 1 aromatic heterocycles. The number of aromatic nitrogens is 2. The van der Waals surface area contributed by atoms with Crippen LogP contribution in [0.5, 0.6) is 0 Å². The van der Waals surface area contributed by atoms with Crippen LogP contribution in [0, 0.1) is 16.7 Å². The Labute approximate surface area is 130 Å². The van der Waals surface area contributed by atoms with E-state index in [2.05, 4.69) is 10.00 Å². The summed E-state index contributed by atoms with van der Waals surface area (Å²) in [6, 6.07) is 2.04. The normalized spacial score (nSPS) is 27.6. The van der Waals surface area contributed by atoms with Gasteiger partial charge in [-0.2, -0.15) is 10.4 Å². The fourth-order valence-electron chi connectivity index (χ4n) is 3.45. The van der Waals surface area contributed by atoms with Gasteiger partial charge in [0.15, 0.2) is 5.78 Å². The van der Waals surface area contributed by atoms with E-state index in [9.17, 15) is 10.1 Å². The largest absolute Gasteiger partial charge is 0.367 e. The van der Waals surface area contributed by atoms with Crippen molar-refractivity contribution in [3.8, 4) is 6.07 Å². The number of allylic oxidation sites excluding steroid dienone is 1. The van der Waals surface area contributed by atoms with Gasteiger partial charge in [0.2, 0.25) is 0 Å². The smallest absolute Gasteiger partial charge is 0.178 e. The Balaban J connectivity index is 1.94. The van der Waals surface area contributed by atoms with E-state index in [-0.39, 0.29) is 11.4 Å². The van der Waals surface area contributed by atoms with Crippen LogP contribution in [0.1, 0.15) is 20.3 Å². The van der Waals surface area contributed by atoms with Crippen molar-refractivity contribution in [2.24, 2.45) is 12.5 Å². The number of nitriles is 1. The Bertz CT molecular complexity index is 683. The third-order valence-corrected chi connectivity index (χ3v) is 4.39. The van der Waals surface area contributed by atoms with Crippen molar-refractivity contribution < 1.29 is 9.53 Å². The highest BCUT2D eigenvalue weighted by molar-refractivity contribution is 6.04. The number of morpholine rings is 1. The van der Waals surface area contributed by atoms with E-state index in [0.29, 0.717) is 19.6 Å². The van der Waals surface area contributed by atoms with Gasteiger partial charge in [-0.3, -0.25) is 9.48 Å². The number of hydrogen-bond donors (Lipinski definition) is 0. The van der Waals surface area contributed by atoms with Crippen LogP contribution in [0.15, 0.2) is 24.0 Å². The van der Waals surface area contributed by atoms with Crippen LogP contribution in [0.4, 0.5) is 5.69 Å². The standard InChI is InChI=1S/C16H20N4O2/c1-15(2)10-16(6-12(7-17)14(15)21)11-20(4-5-22-16)13-8-18-19(3)9-13/h6,8-9H,4-5,10-11H2,1-3H3. The Morgan fingerprint density at radius 2 is 2.23 bits per heavy atom. The van der Waals surface area contributed by atoms with Gasteiger partial charge in [0, 0.05) is 25.2 Å². The van der Waals surface area contributed by atoms with E-state index in [0.717, 1.165) is 12.2 Å². The number of carbonyl (C=O) groups is 1. The lowest BCUT2D eigenvalue weighted by molar-refractivity contribution is -0.130. The molecule has 116 valence electrons. The molecule has 2 aliphatic rings. The van der Waals surface area contributed by atoms with Crippen LogP contribution < -0.4 is 4.90 Å². The maximum Gasteiger partial charge on any atom is 0.178 e. The highest BCUT2D eigenvalue weighted by atomic mass is 16.5. The van der Waals surface area contributed by atoms with E-state index in [1.807, 2.05) is 39.4 Å². The number of carbonyl (C=O) groups excluding carboxylic acids is 1. The van der Waals surface area contributed by atoms with Crippen LogP contribution >= 0.6 is 0 Å². The van der Waals surface area contributed by atoms with E-state index < -0.39 is 11.0 Å². The maximum absolute atomic E-state index is 12.3. The summed E-state index contributed by atoms with van der Waals surface area (Å²) in [5, 5.41) is 13.5. The molecule has 6 heteroatoms. The van der Waals surface area contributed by atoms with Crippen molar-refractivity contribution >= 4 is 11.5 Å². The van der Waals surface area contributed by atoms with E-state index in [4.69, 9.17) is 4.74 Å². The lowest BCUT2D eigenvalue weighted by Crippen LogP contribution is -2.55. The molecule has 0 amide bonds. The van der Waals surface area contributed by atoms with Gasteiger partial charge in [-0.25, -0.2) is 0 Å². The fraction of sp³-hybridized carbons (Fsp3) is 0.562. The molecule has 1 aromatic rings. The molecule has 1 aliphatic heterocycles. The first-order valence-electron chi connectivity index (χ1n) is 7.41. The summed E-state index contributed by atoms with van der Waals surface area (Å²) in [4.78, 5) is 14.5. The summed E-state index contributed by atoms with van der Waals surface area (Å²) in [5.74, 6) is -0.0947. The maximum atomic E-state index is 12.3. The molecule has 1 aliphatic carbocycles. The molecule has 1 saturated heterocycles. The summed E-state index contributed by atoms with van der Waals surface area (Å²) < 4.78 is 7.80. The van der Waals surface area contributed by atoms with Crippen molar-refractivity contribution in [3.63, 3.8) is 0 Å². The molecule has 2 heterocycles. The van der Waals surface area contributed by atoms with Crippen molar-refractivity contribution in [3.05, 3.63) is 24.0 Å². The van der Waals surface area contributed by atoms with Crippen LogP contribution in [0.2, 0.25) is 0 Å². The molecule has 1 unspecified atom stereocenters. The minimum absolute atomic E-state index is 0.0947. The van der Waals surface area contributed by atoms with Gasteiger partial charge in [-0.15, -0.1) is 0 Å². The number of Topliss-reactive ketones (excluding diaryl/α,β-unsaturated/α-hetero) is 1. The third kappa shape index (κ3) is 2.42. The number of rotatable bonds is 1. The van der Waals surface area contributed by atoms with Gasteiger partial charge in [-0.1, -0.05) is 13.8 Å². The predicted octanol–water partition coefficient (Wildman–Crippen LogP) is 1.44. The van der Waals surface area contributed by atoms with E-state index >= 15 is 0 Å². The number of ether oxygens (including phenoxy) is 1. The Morgan fingerprint density at radius 1 is 1.45 bits per heavy atom. The van der Waals surface area contributed by atoms with Gasteiger partial charge in [-0.05, 0) is 12.5 Å². The molecule has 1 fully saturated rings. The zero-order chi connectivity index (χ0) is 16.0. The van der Waals surface area contributed by atoms with Crippen molar-refractivity contribution in [2.75, 3.05) is 24.6 Å². The van der Waals surface area contributed by atoms with Crippen LogP contribution in [0.3, 0.4) is 0 Å². The van der Waals surface area contributed by atoms with Crippen molar-refractivity contribution in [1.82, 2.24) is 9.78 Å². The molecule has 0 N–H and O–H groups in total. The summed E-state index contributed by atoms with van der Waals surface area (Å²) in [7, 11) is 1.88. The number of hydrogen-bond acceptors (Lipinski definition) is 5. The summed E-state index contributed by atoms with van der Waals surface area (Å²) in [5.41, 5.74) is 0.0741. The molecule has 0 aromatic carbocycles. The van der Waals surface area contributed by atoms with Gasteiger partial charge in [0.25, 0.3) is 0 Å². The number of aryl methyl sites for hydroxylation is 1. The quantitative estimate of drug-likeness (QED) is 0.785. The summed E-state index contributed by atoms with van der Waals surface area (Å²) in [6.07, 6.45) is 6.10. The minimum atomic E-state index is -0.587. The lowest BCUT2D eigenvalue weighted by atomic mass is 9.69. The zero-order valence-corrected chi connectivity index (χ0v) is 13.2. The molecule has 22 heavy (non-hydrogen) atoms.